The lowest BCUT2D eigenvalue weighted by atomic mass is 10.0. The molecular weight excluding hydrogens is 522 g/mol. The highest BCUT2D eigenvalue weighted by Gasteiger charge is 2.32. The maximum atomic E-state index is 12.9. The van der Waals surface area contributed by atoms with E-state index < -0.39 is 33.4 Å². The lowest BCUT2D eigenvalue weighted by Crippen LogP contribution is -2.09. The molecular formula is C24H18F6N4O2S. The molecule has 0 saturated carbocycles. The summed E-state index contributed by atoms with van der Waals surface area (Å²) in [5, 5.41) is 0. The lowest BCUT2D eigenvalue weighted by molar-refractivity contribution is -0.141. The number of alkyl halides is 6. The maximum Gasteiger partial charge on any atom is 0.433 e. The van der Waals surface area contributed by atoms with Crippen molar-refractivity contribution in [3.63, 3.8) is 0 Å². The van der Waals surface area contributed by atoms with Gasteiger partial charge in [-0.05, 0) is 35.9 Å². The van der Waals surface area contributed by atoms with Crippen LogP contribution in [0.25, 0.3) is 33.9 Å². The van der Waals surface area contributed by atoms with Gasteiger partial charge in [0.15, 0.2) is 15.7 Å². The second-order valence-electron chi connectivity index (χ2n) is 8.01. The number of pyridine rings is 2. The van der Waals surface area contributed by atoms with Crippen molar-refractivity contribution in [1.29, 1.82) is 0 Å². The summed E-state index contributed by atoms with van der Waals surface area (Å²) in [6.45, 7) is 1.43. The number of aromatic nitrogens is 4. The van der Waals surface area contributed by atoms with Crippen LogP contribution < -0.4 is 0 Å². The predicted octanol–water partition coefficient (Wildman–Crippen LogP) is 6.04. The molecule has 194 valence electrons. The highest BCUT2D eigenvalue weighted by Crippen LogP contribution is 2.35. The van der Waals surface area contributed by atoms with E-state index in [1.165, 1.54) is 48.1 Å². The molecule has 0 bridgehead atoms. The fourth-order valence-electron chi connectivity index (χ4n) is 3.63. The highest BCUT2D eigenvalue weighted by molar-refractivity contribution is 7.91. The molecule has 6 nitrogen and oxygen atoms in total. The first kappa shape index (κ1) is 26.3. The van der Waals surface area contributed by atoms with Crippen molar-refractivity contribution >= 4 is 9.84 Å². The van der Waals surface area contributed by atoms with Gasteiger partial charge in [0, 0.05) is 30.6 Å². The summed E-state index contributed by atoms with van der Waals surface area (Å²) < 4.78 is 105. The minimum atomic E-state index is -4.60. The molecule has 37 heavy (non-hydrogen) atoms. The zero-order chi connectivity index (χ0) is 27.2. The van der Waals surface area contributed by atoms with Gasteiger partial charge in [-0.2, -0.15) is 26.3 Å². The van der Waals surface area contributed by atoms with Gasteiger partial charge in [-0.1, -0.05) is 19.1 Å². The second-order valence-corrected chi connectivity index (χ2v) is 10.3. The largest absolute Gasteiger partial charge is 0.433 e. The molecule has 0 spiro atoms. The van der Waals surface area contributed by atoms with Crippen molar-refractivity contribution in [2.24, 2.45) is 7.05 Å². The Morgan fingerprint density at radius 3 is 1.95 bits per heavy atom. The number of halogens is 6. The molecule has 3 aromatic heterocycles. The van der Waals surface area contributed by atoms with E-state index in [2.05, 4.69) is 15.0 Å². The zero-order valence-corrected chi connectivity index (χ0v) is 20.1. The molecule has 1 aromatic carbocycles. The summed E-state index contributed by atoms with van der Waals surface area (Å²) in [7, 11) is -2.32. The predicted molar refractivity (Wildman–Crippen MR) is 123 cm³/mol. The van der Waals surface area contributed by atoms with Crippen LogP contribution >= 0.6 is 0 Å². The Morgan fingerprint density at radius 2 is 1.41 bits per heavy atom. The van der Waals surface area contributed by atoms with Gasteiger partial charge in [-0.3, -0.25) is 9.97 Å². The average Bonchev–Trinajstić information content (AvgIpc) is 3.23. The number of nitrogens with zero attached hydrogens (tertiary/aromatic N) is 4. The number of benzene rings is 1. The van der Waals surface area contributed by atoms with E-state index in [0.29, 0.717) is 16.8 Å². The molecule has 4 rings (SSSR count). The number of sulfone groups is 1. The Kier molecular flexibility index (Phi) is 6.61. The first-order valence-corrected chi connectivity index (χ1v) is 12.3. The van der Waals surface area contributed by atoms with Gasteiger partial charge in [-0.25, -0.2) is 13.4 Å². The van der Waals surface area contributed by atoms with Crippen LogP contribution in [0.15, 0.2) is 66.0 Å². The van der Waals surface area contributed by atoms with E-state index in [-0.39, 0.29) is 27.7 Å². The van der Waals surface area contributed by atoms with Crippen LogP contribution in [0.1, 0.15) is 18.2 Å². The van der Waals surface area contributed by atoms with E-state index in [1.54, 1.807) is 7.05 Å². The quantitative estimate of drug-likeness (QED) is 0.289. The molecule has 0 unspecified atom stereocenters. The Hall–Kier alpha value is -3.74. The third kappa shape index (κ3) is 5.22. The Balaban J connectivity index is 1.79. The Bertz CT molecular complexity index is 1540. The van der Waals surface area contributed by atoms with Crippen molar-refractivity contribution in [1.82, 2.24) is 19.5 Å². The van der Waals surface area contributed by atoms with E-state index in [9.17, 15) is 34.8 Å². The molecule has 0 aliphatic carbocycles. The van der Waals surface area contributed by atoms with Crippen molar-refractivity contribution < 1.29 is 34.8 Å². The number of imidazole rings is 1. The molecule has 0 aliphatic rings. The van der Waals surface area contributed by atoms with Gasteiger partial charge in [-0.15, -0.1) is 0 Å². The summed E-state index contributed by atoms with van der Waals surface area (Å²) in [6.07, 6.45) is -5.41. The van der Waals surface area contributed by atoms with Crippen molar-refractivity contribution in [3.05, 3.63) is 72.3 Å². The van der Waals surface area contributed by atoms with Gasteiger partial charge in [0.1, 0.15) is 11.4 Å². The van der Waals surface area contributed by atoms with Gasteiger partial charge < -0.3 is 4.57 Å². The summed E-state index contributed by atoms with van der Waals surface area (Å²) in [5.74, 6) is -0.154. The molecule has 0 aliphatic heterocycles. The van der Waals surface area contributed by atoms with Crippen LogP contribution in [-0.4, -0.2) is 33.7 Å². The first-order chi connectivity index (χ1) is 17.2. The molecule has 3 heterocycles. The van der Waals surface area contributed by atoms with Gasteiger partial charge >= 0.3 is 12.4 Å². The molecule has 0 N–H and O–H groups in total. The van der Waals surface area contributed by atoms with E-state index >= 15 is 0 Å². The van der Waals surface area contributed by atoms with Crippen molar-refractivity contribution in [2.75, 3.05) is 5.75 Å². The lowest BCUT2D eigenvalue weighted by Gasteiger charge is -2.13. The average molecular weight is 540 g/mol. The minimum Gasteiger partial charge on any atom is -0.326 e. The fourth-order valence-corrected chi connectivity index (χ4v) is 4.68. The molecule has 0 amide bonds. The third-order valence-corrected chi connectivity index (χ3v) is 7.40. The van der Waals surface area contributed by atoms with E-state index in [0.717, 1.165) is 24.4 Å². The van der Waals surface area contributed by atoms with Crippen molar-refractivity contribution in [3.8, 4) is 33.9 Å². The topological polar surface area (TPSA) is 77.7 Å². The molecule has 0 radical (unpaired) electrons. The molecule has 0 atom stereocenters. The smallest absolute Gasteiger partial charge is 0.326 e. The molecule has 4 aromatic rings. The van der Waals surface area contributed by atoms with Crippen LogP contribution in [-0.2, 0) is 29.2 Å². The minimum absolute atomic E-state index is 0.00821. The van der Waals surface area contributed by atoms with E-state index in [4.69, 9.17) is 0 Å². The zero-order valence-electron chi connectivity index (χ0n) is 19.3. The SMILES string of the molecule is CCS(=O)(=O)c1cc(-c2ccc(C(F)(F)F)cc2)cnc1-c1ncc(-c2ccc(C(F)(F)F)nc2)n1C. The normalized spacial score (nSPS) is 12.6. The number of rotatable bonds is 5. The highest BCUT2D eigenvalue weighted by atomic mass is 32.2. The summed E-state index contributed by atoms with van der Waals surface area (Å²) >= 11 is 0. The summed E-state index contributed by atoms with van der Waals surface area (Å²) in [5.41, 5.74) is -0.621. The van der Waals surface area contributed by atoms with Gasteiger partial charge in [0.2, 0.25) is 0 Å². The number of hydrogen-bond acceptors (Lipinski definition) is 5. The van der Waals surface area contributed by atoms with Gasteiger partial charge in [0.05, 0.1) is 28.1 Å². The van der Waals surface area contributed by atoms with Crippen LogP contribution in [0.3, 0.4) is 0 Å². The number of hydrogen-bond donors (Lipinski definition) is 0. The molecule has 13 heteroatoms. The molecule has 0 saturated heterocycles. The standard InChI is InChI=1S/C24H18F6N4O2S/c1-3-37(35,36)19-10-16(14-4-7-17(8-5-14)23(25,26)27)12-32-21(19)22-33-13-18(34(22)2)15-6-9-20(31-11-15)24(28,29)30/h4-13H,3H2,1-2H3. The van der Waals surface area contributed by atoms with Crippen LogP contribution in [0.5, 0.6) is 0 Å². The fraction of sp³-hybridized carbons (Fsp3) is 0.208. The van der Waals surface area contributed by atoms with Crippen LogP contribution in [0.2, 0.25) is 0 Å². The second kappa shape index (κ2) is 9.29. The summed E-state index contributed by atoms with van der Waals surface area (Å²) in [4.78, 5) is 11.8. The maximum absolute atomic E-state index is 12.9. The Morgan fingerprint density at radius 1 is 0.784 bits per heavy atom. The van der Waals surface area contributed by atoms with E-state index in [1.807, 2.05) is 0 Å². The first-order valence-electron chi connectivity index (χ1n) is 10.7. The summed E-state index contributed by atoms with van der Waals surface area (Å²) in [6, 6.07) is 7.59. The third-order valence-electron chi connectivity index (χ3n) is 5.66. The van der Waals surface area contributed by atoms with Crippen molar-refractivity contribution in [2.45, 2.75) is 24.2 Å². The van der Waals surface area contributed by atoms with Crippen LogP contribution in [0.4, 0.5) is 26.3 Å². The molecule has 0 fully saturated rings. The van der Waals surface area contributed by atoms with Gasteiger partial charge in [0.25, 0.3) is 0 Å². The van der Waals surface area contributed by atoms with Crippen LogP contribution in [0, 0.1) is 0 Å². The monoisotopic (exact) mass is 540 g/mol. The Labute approximate surface area is 207 Å².